The Morgan fingerprint density at radius 1 is 1.28 bits per heavy atom. The van der Waals surface area contributed by atoms with Gasteiger partial charge in [0.2, 0.25) is 0 Å². The topological polar surface area (TPSA) is 49.3 Å². The molecule has 0 bridgehead atoms. The van der Waals surface area contributed by atoms with Gasteiger partial charge in [0.1, 0.15) is 11.5 Å². The monoisotopic (exact) mass is 530 g/mol. The van der Waals surface area contributed by atoms with Gasteiger partial charge in [0.25, 0.3) is 0 Å². The van der Waals surface area contributed by atoms with Crippen molar-refractivity contribution in [2.24, 2.45) is 4.99 Å². The first-order chi connectivity index (χ1) is 13.6. The number of rotatable bonds is 7. The van der Waals surface area contributed by atoms with Crippen LogP contribution >= 0.6 is 35.3 Å². The van der Waals surface area contributed by atoms with Crippen molar-refractivity contribution < 1.29 is 9.47 Å². The van der Waals surface area contributed by atoms with Crippen LogP contribution in [0.5, 0.6) is 11.5 Å². The minimum absolute atomic E-state index is 0. The van der Waals surface area contributed by atoms with E-state index in [1.165, 1.54) is 12.0 Å². The third-order valence-corrected chi connectivity index (χ3v) is 6.10. The molecule has 1 aliphatic heterocycles. The van der Waals surface area contributed by atoms with E-state index in [1.54, 1.807) is 19.1 Å². The Morgan fingerprint density at radius 2 is 2.10 bits per heavy atom. The Bertz CT molecular complexity index is 812. The first kappa shape index (κ1) is 23.8. The van der Waals surface area contributed by atoms with Gasteiger partial charge in [-0.3, -0.25) is 9.89 Å². The van der Waals surface area contributed by atoms with Crippen LogP contribution in [0.15, 0.2) is 34.6 Å². The molecule has 6 nitrogen and oxygen atoms in total. The van der Waals surface area contributed by atoms with Crippen molar-refractivity contribution in [1.82, 2.24) is 15.1 Å². The summed E-state index contributed by atoms with van der Waals surface area (Å²) in [7, 11) is 7.21. The Labute approximate surface area is 194 Å². The number of hydrogen-bond donors (Lipinski definition) is 1. The number of benzene rings is 1. The number of halogens is 1. The molecule has 0 saturated carbocycles. The molecule has 2 aromatic rings. The van der Waals surface area contributed by atoms with E-state index in [0.717, 1.165) is 49.2 Å². The molecule has 8 heteroatoms. The van der Waals surface area contributed by atoms with Gasteiger partial charge in [-0.05, 0) is 35.6 Å². The fourth-order valence-electron chi connectivity index (χ4n) is 3.52. The van der Waals surface area contributed by atoms with E-state index in [9.17, 15) is 0 Å². The average molecular weight is 530 g/mol. The highest BCUT2D eigenvalue weighted by Gasteiger charge is 2.17. The second-order valence-corrected chi connectivity index (χ2v) is 7.90. The van der Waals surface area contributed by atoms with Crippen LogP contribution in [0.25, 0.3) is 0 Å². The zero-order chi connectivity index (χ0) is 19.9. The molecule has 1 N–H and O–H groups in total. The summed E-state index contributed by atoms with van der Waals surface area (Å²) in [6.07, 6.45) is 1.17. The van der Waals surface area contributed by atoms with Gasteiger partial charge in [0.05, 0.1) is 14.2 Å². The quantitative estimate of drug-likeness (QED) is 0.338. The Balaban J connectivity index is 0.00000300. The molecule has 1 aromatic heterocycles. The van der Waals surface area contributed by atoms with E-state index in [2.05, 4.69) is 31.6 Å². The summed E-state index contributed by atoms with van der Waals surface area (Å²) in [6.45, 7) is 4.77. The van der Waals surface area contributed by atoms with Gasteiger partial charge in [-0.2, -0.15) is 0 Å². The Hall–Kier alpha value is -1.52. The molecular weight excluding hydrogens is 499 g/mol. The molecule has 1 aliphatic rings. The fraction of sp³-hybridized carbons (Fsp3) is 0.476. The van der Waals surface area contributed by atoms with Gasteiger partial charge in [0, 0.05) is 63.3 Å². The average Bonchev–Trinajstić information content (AvgIpc) is 3.19. The van der Waals surface area contributed by atoms with E-state index < -0.39 is 0 Å². The summed E-state index contributed by atoms with van der Waals surface area (Å²) in [6, 6.07) is 8.16. The zero-order valence-electron chi connectivity index (χ0n) is 17.6. The smallest absolute Gasteiger partial charge is 0.193 e. The molecule has 0 fully saturated rings. The molecule has 0 atom stereocenters. The van der Waals surface area contributed by atoms with E-state index in [-0.39, 0.29) is 24.0 Å². The minimum atomic E-state index is 0. The lowest BCUT2D eigenvalue weighted by molar-refractivity contribution is 0.259. The van der Waals surface area contributed by atoms with Crippen LogP contribution in [-0.2, 0) is 19.5 Å². The SMILES string of the molecule is CN=C(NCCN1CCc2sccc2C1)N(C)Cc1ccc(OC)cc1OC.I. The van der Waals surface area contributed by atoms with Crippen LogP contribution in [0.3, 0.4) is 0 Å². The molecule has 0 aliphatic carbocycles. The molecule has 2 heterocycles. The van der Waals surface area contributed by atoms with Crippen LogP contribution in [0.4, 0.5) is 0 Å². The summed E-state index contributed by atoms with van der Waals surface area (Å²) in [5, 5.41) is 5.69. The van der Waals surface area contributed by atoms with E-state index >= 15 is 0 Å². The lowest BCUT2D eigenvalue weighted by Gasteiger charge is -2.28. The molecule has 0 saturated heterocycles. The molecule has 29 heavy (non-hydrogen) atoms. The van der Waals surface area contributed by atoms with Gasteiger partial charge in [-0.15, -0.1) is 35.3 Å². The zero-order valence-corrected chi connectivity index (χ0v) is 20.8. The van der Waals surface area contributed by atoms with Crippen molar-refractivity contribution in [2.75, 3.05) is 47.9 Å². The van der Waals surface area contributed by atoms with Crippen LogP contribution in [0.2, 0.25) is 0 Å². The van der Waals surface area contributed by atoms with Gasteiger partial charge in [0.15, 0.2) is 5.96 Å². The maximum atomic E-state index is 5.51. The number of methoxy groups -OCH3 is 2. The predicted octanol–water partition coefficient (Wildman–Crippen LogP) is 3.45. The van der Waals surface area contributed by atoms with Crippen molar-refractivity contribution in [3.05, 3.63) is 45.6 Å². The predicted molar refractivity (Wildman–Crippen MR) is 131 cm³/mol. The van der Waals surface area contributed by atoms with Crippen molar-refractivity contribution in [1.29, 1.82) is 0 Å². The van der Waals surface area contributed by atoms with Gasteiger partial charge in [-0.1, -0.05) is 0 Å². The molecule has 0 radical (unpaired) electrons. The second-order valence-electron chi connectivity index (χ2n) is 6.90. The van der Waals surface area contributed by atoms with Gasteiger partial charge in [-0.25, -0.2) is 0 Å². The number of aliphatic imine (C=N–C) groups is 1. The van der Waals surface area contributed by atoms with Crippen LogP contribution in [0.1, 0.15) is 16.0 Å². The third kappa shape index (κ3) is 6.23. The van der Waals surface area contributed by atoms with Crippen molar-refractivity contribution in [3.63, 3.8) is 0 Å². The molecule has 3 rings (SSSR count). The summed E-state index contributed by atoms with van der Waals surface area (Å²) in [5.41, 5.74) is 2.58. The Morgan fingerprint density at radius 3 is 2.83 bits per heavy atom. The lowest BCUT2D eigenvalue weighted by Crippen LogP contribution is -2.43. The number of nitrogens with zero attached hydrogens (tertiary/aromatic N) is 3. The Kier molecular flexibility index (Phi) is 9.51. The highest BCUT2D eigenvalue weighted by molar-refractivity contribution is 14.0. The van der Waals surface area contributed by atoms with Crippen molar-refractivity contribution in [3.8, 4) is 11.5 Å². The van der Waals surface area contributed by atoms with Crippen molar-refractivity contribution >= 4 is 41.3 Å². The minimum Gasteiger partial charge on any atom is -0.497 e. The first-order valence-corrected chi connectivity index (χ1v) is 10.4. The maximum absolute atomic E-state index is 5.51. The molecule has 0 spiro atoms. The lowest BCUT2D eigenvalue weighted by atomic mass is 10.1. The van der Waals surface area contributed by atoms with Gasteiger partial charge < -0.3 is 19.7 Å². The normalized spacial score (nSPS) is 14.0. The first-order valence-electron chi connectivity index (χ1n) is 9.55. The summed E-state index contributed by atoms with van der Waals surface area (Å²) < 4.78 is 10.8. The van der Waals surface area contributed by atoms with E-state index in [1.807, 2.05) is 43.6 Å². The number of guanidine groups is 1. The van der Waals surface area contributed by atoms with Crippen molar-refractivity contribution in [2.45, 2.75) is 19.5 Å². The number of fused-ring (bicyclic) bond motifs is 1. The summed E-state index contributed by atoms with van der Waals surface area (Å²) in [4.78, 5) is 10.6. The van der Waals surface area contributed by atoms with Crippen LogP contribution in [0, 0.1) is 0 Å². The number of ether oxygens (including phenoxy) is 2. The number of hydrogen-bond acceptors (Lipinski definition) is 5. The molecule has 1 aromatic carbocycles. The molecule has 0 unspecified atom stereocenters. The second kappa shape index (κ2) is 11.6. The van der Waals surface area contributed by atoms with Crippen LogP contribution in [-0.4, -0.2) is 63.7 Å². The highest BCUT2D eigenvalue weighted by Crippen LogP contribution is 2.26. The maximum Gasteiger partial charge on any atom is 0.193 e. The van der Waals surface area contributed by atoms with Crippen LogP contribution < -0.4 is 14.8 Å². The largest absolute Gasteiger partial charge is 0.497 e. The number of thiophene rings is 1. The summed E-state index contributed by atoms with van der Waals surface area (Å²) >= 11 is 1.88. The molecule has 160 valence electrons. The van der Waals surface area contributed by atoms with Gasteiger partial charge >= 0.3 is 0 Å². The molecular formula is C21H31IN4O2S. The van der Waals surface area contributed by atoms with E-state index in [0.29, 0.717) is 6.54 Å². The third-order valence-electron chi connectivity index (χ3n) is 5.07. The standard InChI is InChI=1S/C21H30N4O2S.HI/c1-22-21(23-9-11-25-10-7-20-17(15-25)8-12-28-20)24(2)14-16-5-6-18(26-3)13-19(16)27-4;/h5-6,8,12-13H,7,9-11,14-15H2,1-4H3,(H,22,23);1H. The van der Waals surface area contributed by atoms with E-state index in [4.69, 9.17) is 9.47 Å². The fourth-order valence-corrected chi connectivity index (χ4v) is 4.41. The summed E-state index contributed by atoms with van der Waals surface area (Å²) in [5.74, 6) is 2.49. The highest BCUT2D eigenvalue weighted by atomic mass is 127. The number of nitrogens with one attached hydrogen (secondary N) is 1. The molecule has 0 amide bonds.